The van der Waals surface area contributed by atoms with Crippen LogP contribution in [0.5, 0.6) is 17.2 Å². The van der Waals surface area contributed by atoms with Gasteiger partial charge in [-0.2, -0.15) is 0 Å². The lowest BCUT2D eigenvalue weighted by atomic mass is 10.0. The van der Waals surface area contributed by atoms with Crippen LogP contribution in [0.4, 0.5) is 0 Å². The number of hydrogen-bond donors (Lipinski definition) is 1. The Bertz CT molecular complexity index is 798. The smallest absolute Gasteiger partial charge is 0.244 e. The second kappa shape index (κ2) is 9.12. The van der Waals surface area contributed by atoms with E-state index in [0.717, 1.165) is 34.8 Å². The molecule has 142 valence electrons. The highest BCUT2D eigenvalue weighted by molar-refractivity contribution is 5.92. The molecule has 1 unspecified atom stereocenters. The van der Waals surface area contributed by atoms with Crippen molar-refractivity contribution < 1.29 is 19.0 Å². The van der Waals surface area contributed by atoms with Crippen molar-refractivity contribution in [3.8, 4) is 17.2 Å². The molecule has 27 heavy (non-hydrogen) atoms. The van der Waals surface area contributed by atoms with Gasteiger partial charge in [-0.1, -0.05) is 25.1 Å². The first-order chi connectivity index (χ1) is 13.2. The summed E-state index contributed by atoms with van der Waals surface area (Å²) < 4.78 is 16.6. The van der Waals surface area contributed by atoms with Crippen LogP contribution < -0.4 is 19.5 Å². The first-order valence-electron chi connectivity index (χ1n) is 9.30. The number of hydrogen-bond acceptors (Lipinski definition) is 4. The Morgan fingerprint density at radius 3 is 2.56 bits per heavy atom. The van der Waals surface area contributed by atoms with Gasteiger partial charge in [0.1, 0.15) is 19.0 Å². The Labute approximate surface area is 159 Å². The Kier molecular flexibility index (Phi) is 6.36. The molecule has 1 atom stereocenters. The number of benzene rings is 2. The molecule has 2 aromatic rings. The van der Waals surface area contributed by atoms with Gasteiger partial charge in [-0.3, -0.25) is 4.79 Å². The van der Waals surface area contributed by atoms with Gasteiger partial charge in [0.25, 0.3) is 0 Å². The van der Waals surface area contributed by atoms with Crippen molar-refractivity contribution in [2.75, 3.05) is 19.8 Å². The fraction of sp³-hybridized carbons (Fsp3) is 0.318. The first-order valence-corrected chi connectivity index (χ1v) is 9.30. The number of ether oxygens (including phenoxy) is 3. The monoisotopic (exact) mass is 367 g/mol. The molecule has 5 nitrogen and oxygen atoms in total. The Morgan fingerprint density at radius 2 is 1.85 bits per heavy atom. The van der Waals surface area contributed by atoms with E-state index in [-0.39, 0.29) is 11.9 Å². The Hall–Kier alpha value is -2.95. The Balaban J connectivity index is 1.62. The lowest BCUT2D eigenvalue weighted by molar-refractivity contribution is -0.117. The third-order valence-electron chi connectivity index (χ3n) is 4.31. The van der Waals surface area contributed by atoms with Crippen LogP contribution in [0.25, 0.3) is 6.08 Å². The molecule has 0 fully saturated rings. The summed E-state index contributed by atoms with van der Waals surface area (Å²) in [5.74, 6) is 2.17. The average Bonchev–Trinajstić information content (AvgIpc) is 2.71. The van der Waals surface area contributed by atoms with E-state index in [1.165, 1.54) is 0 Å². The number of fused-ring (bicyclic) bond motifs is 1. The minimum Gasteiger partial charge on any atom is -0.494 e. The lowest BCUT2D eigenvalue weighted by Gasteiger charge is -2.22. The van der Waals surface area contributed by atoms with Crippen molar-refractivity contribution in [3.05, 3.63) is 59.7 Å². The molecule has 0 aromatic heterocycles. The first kappa shape index (κ1) is 18.8. The molecule has 0 saturated heterocycles. The molecule has 3 rings (SSSR count). The summed E-state index contributed by atoms with van der Waals surface area (Å²) in [7, 11) is 0. The molecule has 1 heterocycles. The summed E-state index contributed by atoms with van der Waals surface area (Å²) in [5.41, 5.74) is 1.95. The van der Waals surface area contributed by atoms with Gasteiger partial charge in [-0.25, -0.2) is 0 Å². The van der Waals surface area contributed by atoms with E-state index in [2.05, 4.69) is 5.32 Å². The molecule has 0 radical (unpaired) electrons. The normalized spacial score (nSPS) is 14.0. The topological polar surface area (TPSA) is 56.8 Å². The second-order valence-electron chi connectivity index (χ2n) is 6.21. The van der Waals surface area contributed by atoms with Crippen LogP contribution >= 0.6 is 0 Å². The minimum absolute atomic E-state index is 0.0849. The van der Waals surface area contributed by atoms with Gasteiger partial charge in [0.05, 0.1) is 12.6 Å². The summed E-state index contributed by atoms with van der Waals surface area (Å²) in [6.45, 7) is 5.73. The van der Waals surface area contributed by atoms with Crippen molar-refractivity contribution >= 4 is 12.0 Å². The maximum Gasteiger partial charge on any atom is 0.244 e. The highest BCUT2D eigenvalue weighted by atomic mass is 16.6. The Morgan fingerprint density at radius 1 is 1.11 bits per heavy atom. The van der Waals surface area contributed by atoms with E-state index in [1.54, 1.807) is 12.2 Å². The lowest BCUT2D eigenvalue weighted by Crippen LogP contribution is -2.26. The summed E-state index contributed by atoms with van der Waals surface area (Å²) in [4.78, 5) is 12.3. The third kappa shape index (κ3) is 5.03. The van der Waals surface area contributed by atoms with Crippen LogP contribution in [0.15, 0.2) is 48.5 Å². The van der Waals surface area contributed by atoms with Crippen molar-refractivity contribution in [2.24, 2.45) is 0 Å². The number of carbonyl (C=O) groups excluding carboxylic acids is 1. The maximum atomic E-state index is 12.3. The van der Waals surface area contributed by atoms with E-state index in [9.17, 15) is 4.79 Å². The third-order valence-corrected chi connectivity index (χ3v) is 4.31. The quantitative estimate of drug-likeness (QED) is 0.748. The molecule has 5 heteroatoms. The average molecular weight is 367 g/mol. The molecular weight excluding hydrogens is 342 g/mol. The maximum absolute atomic E-state index is 12.3. The van der Waals surface area contributed by atoms with Gasteiger partial charge in [0.15, 0.2) is 11.5 Å². The van der Waals surface area contributed by atoms with Gasteiger partial charge in [-0.15, -0.1) is 0 Å². The van der Waals surface area contributed by atoms with Crippen molar-refractivity contribution in [1.29, 1.82) is 0 Å². The summed E-state index contributed by atoms with van der Waals surface area (Å²) in [5, 5.41) is 3.04. The minimum atomic E-state index is -0.134. The van der Waals surface area contributed by atoms with Crippen molar-refractivity contribution in [2.45, 2.75) is 26.3 Å². The number of carbonyl (C=O) groups is 1. The van der Waals surface area contributed by atoms with E-state index in [4.69, 9.17) is 14.2 Å². The van der Waals surface area contributed by atoms with Crippen LogP contribution in [0, 0.1) is 0 Å². The van der Waals surface area contributed by atoms with E-state index in [0.29, 0.717) is 19.8 Å². The second-order valence-corrected chi connectivity index (χ2v) is 6.21. The van der Waals surface area contributed by atoms with Gasteiger partial charge < -0.3 is 19.5 Å². The summed E-state index contributed by atoms with van der Waals surface area (Å²) >= 11 is 0. The van der Waals surface area contributed by atoms with E-state index < -0.39 is 0 Å². The molecule has 1 aliphatic rings. The zero-order valence-electron chi connectivity index (χ0n) is 15.7. The molecule has 0 aliphatic carbocycles. The van der Waals surface area contributed by atoms with Crippen molar-refractivity contribution in [1.82, 2.24) is 5.32 Å². The summed E-state index contributed by atoms with van der Waals surface area (Å²) in [6.07, 6.45) is 4.13. The van der Waals surface area contributed by atoms with Crippen LogP contribution in [-0.4, -0.2) is 25.7 Å². The zero-order chi connectivity index (χ0) is 19.1. The van der Waals surface area contributed by atoms with Gasteiger partial charge in [-0.05, 0) is 54.8 Å². The van der Waals surface area contributed by atoms with Gasteiger partial charge >= 0.3 is 0 Å². The predicted molar refractivity (Wildman–Crippen MR) is 105 cm³/mol. The summed E-state index contributed by atoms with van der Waals surface area (Å²) in [6, 6.07) is 13.4. The molecule has 0 spiro atoms. The fourth-order valence-corrected chi connectivity index (χ4v) is 2.93. The van der Waals surface area contributed by atoms with Crippen LogP contribution in [0.2, 0.25) is 0 Å². The molecule has 1 amide bonds. The molecule has 0 bridgehead atoms. The van der Waals surface area contributed by atoms with Crippen LogP contribution in [0.1, 0.15) is 37.4 Å². The largest absolute Gasteiger partial charge is 0.494 e. The van der Waals surface area contributed by atoms with Gasteiger partial charge in [0, 0.05) is 6.08 Å². The number of amides is 1. The zero-order valence-corrected chi connectivity index (χ0v) is 15.7. The van der Waals surface area contributed by atoms with E-state index in [1.807, 2.05) is 56.3 Å². The van der Waals surface area contributed by atoms with Crippen molar-refractivity contribution in [3.63, 3.8) is 0 Å². The molecule has 2 aromatic carbocycles. The number of nitrogens with one attached hydrogen (secondary N) is 1. The van der Waals surface area contributed by atoms with Gasteiger partial charge in [0.2, 0.25) is 5.91 Å². The standard InChI is InChI=1S/C22H25NO4/c1-3-19(17-8-11-20-21(15-17)27-14-13-26-20)23-22(24)12-7-16-5-9-18(10-6-16)25-4-2/h5-12,15,19H,3-4,13-14H2,1-2H3,(H,23,24). The highest BCUT2D eigenvalue weighted by Crippen LogP contribution is 2.33. The molecule has 1 N–H and O–H groups in total. The molecular formula is C22H25NO4. The molecule has 1 aliphatic heterocycles. The fourth-order valence-electron chi connectivity index (χ4n) is 2.93. The highest BCUT2D eigenvalue weighted by Gasteiger charge is 2.16. The molecule has 0 saturated carbocycles. The SMILES string of the molecule is CCOc1ccc(C=CC(=O)NC(CC)c2ccc3c(c2)OCCO3)cc1. The van der Waals surface area contributed by atoms with Crippen LogP contribution in [0.3, 0.4) is 0 Å². The van der Waals surface area contributed by atoms with E-state index >= 15 is 0 Å². The number of rotatable bonds is 7. The van der Waals surface area contributed by atoms with Crippen LogP contribution in [-0.2, 0) is 4.79 Å². The predicted octanol–water partition coefficient (Wildman–Crippen LogP) is 4.14.